The Morgan fingerprint density at radius 3 is 2.03 bits per heavy atom. The molecule has 2 aliphatic carbocycles. The molecule has 1 aliphatic heterocycles. The van der Waals surface area contributed by atoms with Gasteiger partial charge in [-0.05, 0) is 32.1 Å². The lowest BCUT2D eigenvalue weighted by atomic mass is 9.57. The summed E-state index contributed by atoms with van der Waals surface area (Å²) in [6.45, 7) is 7.71. The van der Waals surface area contributed by atoms with Crippen LogP contribution in [0.5, 0.6) is 11.5 Å². The number of hydrogen-bond acceptors (Lipinski definition) is 9. The van der Waals surface area contributed by atoms with E-state index in [1.54, 1.807) is 14.2 Å². The standard InChI is InChI=1S/C29H45NO8/c1-29-22-7-9-25(37-19-18-36-17-16-35-15-14-34-13-12-33-11-10-31-4)28(29)38-27-24(32-5)8-6-21(26(27)29)20-23(22)30(2)3/h6-9,22-23,25,28H,10-20H2,1-5H3/t22?,23-,25+,28+,29+/m1/s1. The van der Waals surface area contributed by atoms with Gasteiger partial charge < -0.3 is 42.8 Å². The van der Waals surface area contributed by atoms with Crippen molar-refractivity contribution in [3.8, 4) is 11.5 Å². The van der Waals surface area contributed by atoms with Gasteiger partial charge in [0.2, 0.25) is 0 Å². The Hall–Kier alpha value is -1.72. The molecule has 0 aromatic heterocycles. The molecule has 0 fully saturated rings. The van der Waals surface area contributed by atoms with Crippen molar-refractivity contribution in [3.63, 3.8) is 0 Å². The topological polar surface area (TPSA) is 77.1 Å². The molecule has 214 valence electrons. The fraction of sp³-hybridized carbons (Fsp3) is 0.724. The van der Waals surface area contributed by atoms with E-state index in [0.717, 1.165) is 17.9 Å². The van der Waals surface area contributed by atoms with Gasteiger partial charge in [-0.1, -0.05) is 25.1 Å². The largest absolute Gasteiger partial charge is 0.493 e. The van der Waals surface area contributed by atoms with Crippen molar-refractivity contribution < 1.29 is 37.9 Å². The SMILES string of the molecule is COCCOCCOCCOCCOCCO[C@H]1C=CC2[C@H](N(C)C)Cc3ccc(OC)c4c3[C@@]2(C)[C@H]1O4. The number of nitrogens with zero attached hydrogens (tertiary/aromatic N) is 1. The third-order valence-electron chi connectivity index (χ3n) is 7.89. The molecule has 0 N–H and O–H groups in total. The van der Waals surface area contributed by atoms with Gasteiger partial charge in [-0.2, -0.15) is 0 Å². The molecule has 0 saturated heterocycles. The highest BCUT2D eigenvalue weighted by atomic mass is 16.6. The van der Waals surface area contributed by atoms with Crippen molar-refractivity contribution >= 4 is 0 Å². The molecule has 4 rings (SSSR count). The van der Waals surface area contributed by atoms with Crippen LogP contribution < -0.4 is 9.47 Å². The first-order chi connectivity index (χ1) is 18.5. The average Bonchev–Trinajstić information content (AvgIpc) is 3.24. The molecule has 0 saturated carbocycles. The Balaban J connectivity index is 1.19. The Labute approximate surface area is 227 Å². The lowest BCUT2D eigenvalue weighted by molar-refractivity contribution is -0.0628. The van der Waals surface area contributed by atoms with E-state index >= 15 is 0 Å². The van der Waals surface area contributed by atoms with Crippen LogP contribution in [0.15, 0.2) is 24.3 Å². The molecule has 3 aliphatic rings. The zero-order valence-corrected chi connectivity index (χ0v) is 23.6. The van der Waals surface area contributed by atoms with Crippen molar-refractivity contribution in [1.82, 2.24) is 4.90 Å². The second-order valence-electron chi connectivity index (χ2n) is 10.4. The Kier molecular flexibility index (Phi) is 10.8. The summed E-state index contributed by atoms with van der Waals surface area (Å²) in [5.41, 5.74) is 2.45. The van der Waals surface area contributed by atoms with Crippen molar-refractivity contribution in [2.75, 3.05) is 94.4 Å². The maximum absolute atomic E-state index is 6.64. The third kappa shape index (κ3) is 6.36. The van der Waals surface area contributed by atoms with E-state index in [1.807, 2.05) is 6.07 Å². The summed E-state index contributed by atoms with van der Waals surface area (Å²) in [5, 5.41) is 0. The van der Waals surface area contributed by atoms with E-state index in [4.69, 9.17) is 37.9 Å². The van der Waals surface area contributed by atoms with E-state index < -0.39 is 0 Å². The summed E-state index contributed by atoms with van der Waals surface area (Å²) < 4.78 is 45.6. The van der Waals surface area contributed by atoms with Gasteiger partial charge in [-0.25, -0.2) is 0 Å². The van der Waals surface area contributed by atoms with E-state index in [-0.39, 0.29) is 17.6 Å². The molecule has 1 unspecified atom stereocenters. The Morgan fingerprint density at radius 1 is 0.842 bits per heavy atom. The predicted molar refractivity (Wildman–Crippen MR) is 143 cm³/mol. The zero-order valence-electron chi connectivity index (χ0n) is 23.6. The molecule has 9 heteroatoms. The molecule has 1 aromatic carbocycles. The quantitative estimate of drug-likeness (QED) is 0.208. The predicted octanol–water partition coefficient (Wildman–Crippen LogP) is 2.48. The molecule has 1 heterocycles. The van der Waals surface area contributed by atoms with Gasteiger partial charge in [-0.15, -0.1) is 0 Å². The molecular formula is C29H45NO8. The average molecular weight is 536 g/mol. The second-order valence-corrected chi connectivity index (χ2v) is 10.4. The molecule has 1 aromatic rings. The van der Waals surface area contributed by atoms with Crippen LogP contribution in [0.1, 0.15) is 18.1 Å². The summed E-state index contributed by atoms with van der Waals surface area (Å²) in [5.74, 6) is 2.01. The van der Waals surface area contributed by atoms with Crippen LogP contribution in [0, 0.1) is 5.92 Å². The molecule has 9 nitrogen and oxygen atoms in total. The molecule has 38 heavy (non-hydrogen) atoms. The van der Waals surface area contributed by atoms with Gasteiger partial charge >= 0.3 is 0 Å². The van der Waals surface area contributed by atoms with Gasteiger partial charge in [0.05, 0.1) is 73.2 Å². The van der Waals surface area contributed by atoms with Crippen molar-refractivity contribution in [2.24, 2.45) is 5.92 Å². The normalized spacial score (nSPS) is 27.0. The summed E-state index contributed by atoms with van der Waals surface area (Å²) in [6.07, 6.45) is 5.26. The highest BCUT2D eigenvalue weighted by Crippen LogP contribution is 2.59. The lowest BCUT2D eigenvalue weighted by Crippen LogP contribution is -2.59. The molecular weight excluding hydrogens is 490 g/mol. The molecule has 0 amide bonds. The highest BCUT2D eigenvalue weighted by molar-refractivity contribution is 5.61. The van der Waals surface area contributed by atoms with Gasteiger partial charge in [0, 0.05) is 30.0 Å². The van der Waals surface area contributed by atoms with Crippen molar-refractivity contribution in [1.29, 1.82) is 0 Å². The van der Waals surface area contributed by atoms with Crippen LogP contribution in [0.3, 0.4) is 0 Å². The van der Waals surface area contributed by atoms with Crippen LogP contribution in [-0.4, -0.2) is 118 Å². The fourth-order valence-electron chi connectivity index (χ4n) is 6.00. The number of benzene rings is 1. The van der Waals surface area contributed by atoms with Crippen LogP contribution >= 0.6 is 0 Å². The van der Waals surface area contributed by atoms with Gasteiger partial charge in [0.1, 0.15) is 12.2 Å². The smallest absolute Gasteiger partial charge is 0.165 e. The van der Waals surface area contributed by atoms with Crippen LogP contribution in [-0.2, 0) is 40.3 Å². The number of likely N-dealkylation sites (N-methyl/N-ethyl adjacent to an activating group) is 1. The number of rotatable bonds is 18. The fourth-order valence-corrected chi connectivity index (χ4v) is 6.00. The van der Waals surface area contributed by atoms with E-state index in [2.05, 4.69) is 44.1 Å². The Morgan fingerprint density at radius 2 is 1.45 bits per heavy atom. The summed E-state index contributed by atoms with van der Waals surface area (Å²) in [7, 11) is 7.69. The number of hydrogen-bond donors (Lipinski definition) is 0. The first-order valence-corrected chi connectivity index (χ1v) is 13.7. The minimum absolute atomic E-state index is 0.112. The monoisotopic (exact) mass is 535 g/mol. The van der Waals surface area contributed by atoms with Gasteiger partial charge in [0.15, 0.2) is 11.5 Å². The van der Waals surface area contributed by atoms with Crippen molar-refractivity contribution in [2.45, 2.75) is 37.0 Å². The van der Waals surface area contributed by atoms with Gasteiger partial charge in [0.25, 0.3) is 0 Å². The maximum Gasteiger partial charge on any atom is 0.165 e. The number of ether oxygens (including phenoxy) is 8. The minimum atomic E-state index is -0.182. The van der Waals surface area contributed by atoms with Gasteiger partial charge in [-0.3, -0.25) is 0 Å². The summed E-state index contributed by atoms with van der Waals surface area (Å²) in [6, 6.07) is 4.64. The van der Waals surface area contributed by atoms with E-state index in [1.165, 1.54) is 11.1 Å². The molecule has 0 spiro atoms. The number of methoxy groups -OCH3 is 2. The first kappa shape index (κ1) is 29.3. The maximum atomic E-state index is 6.64. The molecule has 5 atom stereocenters. The van der Waals surface area contributed by atoms with Crippen molar-refractivity contribution in [3.05, 3.63) is 35.4 Å². The molecule has 0 radical (unpaired) electrons. The third-order valence-corrected chi connectivity index (χ3v) is 7.89. The van der Waals surface area contributed by atoms with Crippen LogP contribution in [0.25, 0.3) is 0 Å². The zero-order chi connectivity index (χ0) is 27.0. The van der Waals surface area contributed by atoms with E-state index in [0.29, 0.717) is 78.0 Å². The van der Waals surface area contributed by atoms with Crippen LogP contribution in [0.4, 0.5) is 0 Å². The first-order valence-electron chi connectivity index (χ1n) is 13.7. The highest BCUT2D eigenvalue weighted by Gasteiger charge is 2.60. The second kappa shape index (κ2) is 14.1. The Bertz CT molecular complexity index is 909. The van der Waals surface area contributed by atoms with Crippen LogP contribution in [0.2, 0.25) is 0 Å². The summed E-state index contributed by atoms with van der Waals surface area (Å²) >= 11 is 0. The minimum Gasteiger partial charge on any atom is -0.493 e. The van der Waals surface area contributed by atoms with E-state index in [9.17, 15) is 0 Å². The summed E-state index contributed by atoms with van der Waals surface area (Å²) in [4.78, 5) is 2.34. The molecule has 0 bridgehead atoms. The lowest BCUT2D eigenvalue weighted by Gasteiger charge is -2.50.